The van der Waals surface area contributed by atoms with Crippen LogP contribution in [0.2, 0.25) is 0 Å². The van der Waals surface area contributed by atoms with Crippen LogP contribution in [0.15, 0.2) is 0 Å². The van der Waals surface area contributed by atoms with Crippen molar-refractivity contribution < 1.29 is 24.5 Å². The van der Waals surface area contributed by atoms with Crippen LogP contribution >= 0.6 is 0 Å². The van der Waals surface area contributed by atoms with Crippen LogP contribution in [0, 0.1) is 0 Å². The van der Waals surface area contributed by atoms with Gasteiger partial charge in [-0.3, -0.25) is 4.79 Å². The van der Waals surface area contributed by atoms with Gasteiger partial charge in [0.1, 0.15) is 0 Å². The Morgan fingerprint density at radius 2 is 1.71 bits per heavy atom. The highest BCUT2D eigenvalue weighted by Gasteiger charge is 2.13. The van der Waals surface area contributed by atoms with Gasteiger partial charge in [0.05, 0.1) is 0 Å². The normalized spacial score (nSPS) is 11.2. The summed E-state index contributed by atoms with van der Waals surface area (Å²) in [5, 5.41) is 16.5. The topological polar surface area (TPSA) is 83.8 Å². The molecule has 2 N–H and O–H groups in total. The predicted octanol–water partition coefficient (Wildman–Crippen LogP) is 2.54. The minimum Gasteiger partial charge on any atom is -0.481 e. The Labute approximate surface area is 103 Å². The molecule has 102 valence electrons. The van der Waals surface area contributed by atoms with E-state index < -0.39 is 18.0 Å². The van der Waals surface area contributed by atoms with Crippen LogP contribution in [-0.4, -0.2) is 35.4 Å². The van der Waals surface area contributed by atoms with E-state index in [1.54, 1.807) is 0 Å². The van der Waals surface area contributed by atoms with Crippen LogP contribution in [0.4, 0.5) is 0 Å². The Balaban J connectivity index is 0. The molecule has 0 aromatic carbocycles. The Bertz CT molecular complexity index is 203. The van der Waals surface area contributed by atoms with E-state index in [2.05, 4.69) is 11.7 Å². The summed E-state index contributed by atoms with van der Waals surface area (Å²) < 4.78 is 4.65. The van der Waals surface area contributed by atoms with E-state index in [0.29, 0.717) is 12.8 Å². The molecule has 0 amide bonds. The van der Waals surface area contributed by atoms with Gasteiger partial charge in [0.2, 0.25) is 0 Å². The lowest BCUT2D eigenvalue weighted by Gasteiger charge is -2.06. The Morgan fingerprint density at radius 3 is 1.94 bits per heavy atom. The molecule has 0 rings (SSSR count). The molecule has 5 heteroatoms. The maximum atomic E-state index is 10.2. The first kappa shape index (κ1) is 18.3. The van der Waals surface area contributed by atoms with Crippen LogP contribution in [0.5, 0.6) is 0 Å². The molecule has 1 atom stereocenters. The van der Waals surface area contributed by atoms with Crippen molar-refractivity contribution >= 4 is 11.9 Å². The van der Waals surface area contributed by atoms with Crippen LogP contribution in [0.1, 0.15) is 52.4 Å². The standard InChI is InChI=1S/C6H12O3.C6H12O2/c1-3-4-5(9-2)6(7)8;1-2-3-4-5-6(7)8/h5H,3-4H2,1-2H3,(H,7,8);2-5H2,1H3,(H,7,8). The van der Waals surface area contributed by atoms with E-state index in [9.17, 15) is 9.59 Å². The summed E-state index contributed by atoms with van der Waals surface area (Å²) in [5.74, 6) is -1.56. The molecular weight excluding hydrogens is 224 g/mol. The summed E-state index contributed by atoms with van der Waals surface area (Å²) >= 11 is 0. The summed E-state index contributed by atoms with van der Waals surface area (Å²) in [6, 6.07) is 0. The highest BCUT2D eigenvalue weighted by molar-refractivity contribution is 5.72. The molecular formula is C12H24O5. The number of hydrogen-bond donors (Lipinski definition) is 2. The molecule has 0 spiro atoms. The average molecular weight is 248 g/mol. The summed E-state index contributed by atoms with van der Waals surface area (Å²) in [4.78, 5) is 20.1. The molecule has 1 unspecified atom stereocenters. The zero-order chi connectivity index (χ0) is 13.7. The fraction of sp³-hybridized carbons (Fsp3) is 0.833. The molecule has 0 saturated heterocycles. The average Bonchev–Trinajstić information content (AvgIpc) is 2.26. The fourth-order valence-corrected chi connectivity index (χ4v) is 1.13. The highest BCUT2D eigenvalue weighted by Crippen LogP contribution is 1.99. The predicted molar refractivity (Wildman–Crippen MR) is 65.1 cm³/mol. The third-order valence-corrected chi connectivity index (χ3v) is 2.11. The van der Waals surface area contributed by atoms with E-state index in [1.807, 2.05) is 6.92 Å². The van der Waals surface area contributed by atoms with Gasteiger partial charge in [-0.05, 0) is 12.8 Å². The van der Waals surface area contributed by atoms with Crippen molar-refractivity contribution in [2.24, 2.45) is 0 Å². The molecule has 0 aliphatic heterocycles. The first-order valence-corrected chi connectivity index (χ1v) is 5.96. The largest absolute Gasteiger partial charge is 0.481 e. The van der Waals surface area contributed by atoms with E-state index in [4.69, 9.17) is 10.2 Å². The molecule has 0 radical (unpaired) electrons. The van der Waals surface area contributed by atoms with Crippen LogP contribution in [0.3, 0.4) is 0 Å². The number of rotatable bonds is 8. The van der Waals surface area contributed by atoms with Gasteiger partial charge in [0.15, 0.2) is 6.10 Å². The van der Waals surface area contributed by atoms with Crippen molar-refractivity contribution in [3.8, 4) is 0 Å². The van der Waals surface area contributed by atoms with E-state index in [1.165, 1.54) is 7.11 Å². The van der Waals surface area contributed by atoms with Gasteiger partial charge in [-0.2, -0.15) is 0 Å². The van der Waals surface area contributed by atoms with Gasteiger partial charge in [-0.25, -0.2) is 4.79 Å². The molecule has 0 aromatic heterocycles. The third kappa shape index (κ3) is 14.9. The fourth-order valence-electron chi connectivity index (χ4n) is 1.13. The number of ether oxygens (including phenoxy) is 1. The van der Waals surface area contributed by atoms with Crippen LogP contribution < -0.4 is 0 Å². The molecule has 0 bridgehead atoms. The van der Waals surface area contributed by atoms with Crippen molar-refractivity contribution in [1.29, 1.82) is 0 Å². The van der Waals surface area contributed by atoms with Crippen LogP contribution in [0.25, 0.3) is 0 Å². The minimum absolute atomic E-state index is 0.327. The highest BCUT2D eigenvalue weighted by atomic mass is 16.5. The second-order valence-electron chi connectivity index (χ2n) is 3.70. The van der Waals surface area contributed by atoms with Crippen molar-refractivity contribution in [3.63, 3.8) is 0 Å². The SMILES string of the molecule is CCCC(OC)C(=O)O.CCCCCC(=O)O. The Hall–Kier alpha value is -1.10. The van der Waals surface area contributed by atoms with Gasteiger partial charge >= 0.3 is 11.9 Å². The lowest BCUT2D eigenvalue weighted by atomic mass is 10.2. The maximum Gasteiger partial charge on any atom is 0.332 e. The van der Waals surface area contributed by atoms with E-state index in [-0.39, 0.29) is 0 Å². The van der Waals surface area contributed by atoms with Gasteiger partial charge in [-0.1, -0.05) is 33.1 Å². The maximum absolute atomic E-state index is 10.2. The van der Waals surface area contributed by atoms with Gasteiger partial charge in [0.25, 0.3) is 0 Å². The second kappa shape index (κ2) is 13.0. The first-order valence-electron chi connectivity index (χ1n) is 5.96. The van der Waals surface area contributed by atoms with Crippen molar-refractivity contribution in [2.75, 3.05) is 7.11 Å². The lowest BCUT2D eigenvalue weighted by Crippen LogP contribution is -2.21. The van der Waals surface area contributed by atoms with Crippen molar-refractivity contribution in [2.45, 2.75) is 58.5 Å². The molecule has 0 aromatic rings. The number of carboxylic acids is 2. The lowest BCUT2D eigenvalue weighted by molar-refractivity contribution is -0.148. The smallest absolute Gasteiger partial charge is 0.332 e. The Morgan fingerprint density at radius 1 is 1.12 bits per heavy atom. The number of hydrogen-bond acceptors (Lipinski definition) is 3. The summed E-state index contributed by atoms with van der Waals surface area (Å²) in [7, 11) is 1.41. The summed E-state index contributed by atoms with van der Waals surface area (Å²) in [6.07, 6.45) is 4.09. The van der Waals surface area contributed by atoms with Crippen molar-refractivity contribution in [3.05, 3.63) is 0 Å². The number of carboxylic acid groups (broad SMARTS) is 2. The van der Waals surface area contributed by atoms with Gasteiger partial charge in [-0.15, -0.1) is 0 Å². The van der Waals surface area contributed by atoms with Gasteiger partial charge < -0.3 is 14.9 Å². The Kier molecular flexibility index (Phi) is 13.9. The number of aliphatic carboxylic acids is 2. The molecule has 0 heterocycles. The number of unbranched alkanes of at least 4 members (excludes halogenated alkanes) is 2. The van der Waals surface area contributed by atoms with E-state index >= 15 is 0 Å². The van der Waals surface area contributed by atoms with Crippen LogP contribution in [-0.2, 0) is 14.3 Å². The molecule has 0 aliphatic carbocycles. The number of methoxy groups -OCH3 is 1. The van der Waals surface area contributed by atoms with Gasteiger partial charge in [0, 0.05) is 13.5 Å². The third-order valence-electron chi connectivity index (χ3n) is 2.11. The second-order valence-corrected chi connectivity index (χ2v) is 3.70. The number of carbonyl (C=O) groups is 2. The van der Waals surface area contributed by atoms with E-state index in [0.717, 1.165) is 25.7 Å². The monoisotopic (exact) mass is 248 g/mol. The minimum atomic E-state index is -0.876. The summed E-state index contributed by atoms with van der Waals surface area (Å²) in [6.45, 7) is 3.98. The summed E-state index contributed by atoms with van der Waals surface area (Å²) in [5.41, 5.74) is 0. The zero-order valence-corrected chi connectivity index (χ0v) is 10.9. The molecule has 0 fully saturated rings. The molecule has 5 nitrogen and oxygen atoms in total. The quantitative estimate of drug-likeness (QED) is 0.645. The first-order chi connectivity index (χ1) is 7.99. The van der Waals surface area contributed by atoms with Crippen molar-refractivity contribution in [1.82, 2.24) is 0 Å². The molecule has 0 saturated carbocycles. The molecule has 0 aliphatic rings. The molecule has 17 heavy (non-hydrogen) atoms. The zero-order valence-electron chi connectivity index (χ0n) is 10.9.